The van der Waals surface area contributed by atoms with E-state index in [4.69, 9.17) is 20.9 Å². The number of benzene rings is 2. The van der Waals surface area contributed by atoms with E-state index in [1.54, 1.807) is 18.2 Å². The van der Waals surface area contributed by atoms with Crippen molar-refractivity contribution in [2.75, 3.05) is 38.2 Å². The van der Waals surface area contributed by atoms with E-state index >= 15 is 0 Å². The average molecular weight is 462 g/mol. The first-order valence-electron chi connectivity index (χ1n) is 9.61. The molecule has 0 amide bonds. The van der Waals surface area contributed by atoms with Crippen molar-refractivity contribution in [2.24, 2.45) is 0 Å². The number of sulfonamides is 1. The fraction of sp³-hybridized carbons (Fsp3) is 0.238. The molecule has 0 atom stereocenters. The van der Waals surface area contributed by atoms with Gasteiger partial charge in [0.25, 0.3) is 0 Å². The normalized spacial score (nSPS) is 15.0. The molecule has 1 aliphatic rings. The fourth-order valence-electron chi connectivity index (χ4n) is 3.13. The number of ketones is 1. The van der Waals surface area contributed by atoms with Crippen molar-refractivity contribution in [3.8, 4) is 11.3 Å². The minimum absolute atomic E-state index is 0.0230. The Kier molecular flexibility index (Phi) is 6.38. The number of morpholine rings is 1. The molecule has 1 saturated heterocycles. The third-order valence-electron chi connectivity index (χ3n) is 4.86. The summed E-state index contributed by atoms with van der Waals surface area (Å²) in [5.41, 5.74) is 1.85. The molecule has 8 nitrogen and oxygen atoms in total. The minimum Gasteiger partial charge on any atom is -0.379 e. The number of Topliss-reactive ketones (excluding diaryl/α,β-unsaturated/α-hetero) is 1. The maximum absolute atomic E-state index is 12.7. The summed E-state index contributed by atoms with van der Waals surface area (Å²) in [6, 6.07) is 14.8. The number of nitrogens with zero attached hydrogens (tertiary/aromatic N) is 2. The summed E-state index contributed by atoms with van der Waals surface area (Å²) in [5.74, 6) is 0.143. The molecule has 0 saturated carbocycles. The van der Waals surface area contributed by atoms with Gasteiger partial charge < -0.3 is 14.6 Å². The van der Waals surface area contributed by atoms with E-state index in [1.807, 2.05) is 12.1 Å². The number of carbonyl (C=O) groups excluding carboxylic acids is 1. The molecule has 4 rings (SSSR count). The molecule has 162 valence electrons. The third kappa shape index (κ3) is 4.96. The second-order valence-electron chi connectivity index (χ2n) is 6.90. The van der Waals surface area contributed by atoms with Gasteiger partial charge in [0.05, 0.1) is 24.7 Å². The first kappa shape index (κ1) is 21.5. The molecule has 3 aromatic rings. The van der Waals surface area contributed by atoms with Crippen LogP contribution in [0, 0.1) is 0 Å². The van der Waals surface area contributed by atoms with Crippen LogP contribution in [0.3, 0.4) is 0 Å². The smallest absolute Gasteiger partial charge is 0.243 e. The lowest BCUT2D eigenvalue weighted by atomic mass is 10.1. The number of hydrogen-bond donors (Lipinski definition) is 1. The number of rotatable bonds is 7. The minimum atomic E-state index is -3.59. The van der Waals surface area contributed by atoms with Gasteiger partial charge in [-0.25, -0.2) is 8.42 Å². The second-order valence-corrected chi connectivity index (χ2v) is 9.28. The molecule has 1 aliphatic heterocycles. The molecule has 1 N–H and O–H groups in total. The van der Waals surface area contributed by atoms with Gasteiger partial charge in [-0.3, -0.25) is 4.79 Å². The molecule has 2 heterocycles. The van der Waals surface area contributed by atoms with Crippen molar-refractivity contribution >= 4 is 33.3 Å². The van der Waals surface area contributed by atoms with Crippen molar-refractivity contribution in [3.05, 3.63) is 65.2 Å². The second kappa shape index (κ2) is 9.19. The highest BCUT2D eigenvalue weighted by Gasteiger charge is 2.26. The zero-order chi connectivity index (χ0) is 21.8. The van der Waals surface area contributed by atoms with E-state index in [2.05, 4.69) is 10.5 Å². The van der Waals surface area contributed by atoms with Gasteiger partial charge in [-0.2, -0.15) is 4.31 Å². The van der Waals surface area contributed by atoms with Gasteiger partial charge >= 0.3 is 0 Å². The van der Waals surface area contributed by atoms with E-state index < -0.39 is 10.0 Å². The highest BCUT2D eigenvalue weighted by molar-refractivity contribution is 7.89. The Morgan fingerprint density at radius 2 is 1.74 bits per heavy atom. The van der Waals surface area contributed by atoms with Crippen LogP contribution in [0.5, 0.6) is 0 Å². The predicted octanol–water partition coefficient (Wildman–Crippen LogP) is 3.31. The van der Waals surface area contributed by atoms with Crippen LogP contribution in [0.25, 0.3) is 11.3 Å². The number of halogens is 1. The van der Waals surface area contributed by atoms with Crippen molar-refractivity contribution in [1.82, 2.24) is 9.46 Å². The van der Waals surface area contributed by atoms with E-state index in [-0.39, 0.29) is 17.2 Å². The van der Waals surface area contributed by atoms with Crippen molar-refractivity contribution in [3.63, 3.8) is 0 Å². The summed E-state index contributed by atoms with van der Waals surface area (Å²) in [6.45, 7) is 1.38. The summed E-state index contributed by atoms with van der Waals surface area (Å²) in [7, 11) is -3.59. The zero-order valence-electron chi connectivity index (χ0n) is 16.5. The Morgan fingerprint density at radius 1 is 1.06 bits per heavy atom. The predicted molar refractivity (Wildman–Crippen MR) is 116 cm³/mol. The van der Waals surface area contributed by atoms with Crippen molar-refractivity contribution in [2.45, 2.75) is 4.90 Å². The monoisotopic (exact) mass is 461 g/mol. The standard InChI is InChI=1S/C21H20ClN3O5S/c22-17-5-1-15(2-6-17)19-13-21(30-24-19)23-14-20(26)16-3-7-18(8-4-16)31(27,28)25-9-11-29-12-10-25/h1-8,13,23H,9-12,14H2. The molecule has 0 bridgehead atoms. The Labute approximate surface area is 184 Å². The average Bonchev–Trinajstić information content (AvgIpc) is 3.28. The molecule has 2 aromatic carbocycles. The Balaban J connectivity index is 1.37. The van der Waals surface area contributed by atoms with Crippen LogP contribution in [0.1, 0.15) is 10.4 Å². The molecule has 10 heteroatoms. The summed E-state index contributed by atoms with van der Waals surface area (Å²) >= 11 is 5.89. The molecule has 1 fully saturated rings. The summed E-state index contributed by atoms with van der Waals surface area (Å²) in [4.78, 5) is 12.6. The van der Waals surface area contributed by atoms with Crippen LogP contribution in [0.4, 0.5) is 5.88 Å². The number of anilines is 1. The lowest BCUT2D eigenvalue weighted by Crippen LogP contribution is -2.40. The lowest BCUT2D eigenvalue weighted by molar-refractivity contribution is 0.0730. The van der Waals surface area contributed by atoms with Crippen LogP contribution >= 0.6 is 11.6 Å². The van der Waals surface area contributed by atoms with Gasteiger partial charge in [-0.15, -0.1) is 0 Å². The van der Waals surface area contributed by atoms with Crippen LogP contribution in [0.15, 0.2) is 64.0 Å². The number of carbonyl (C=O) groups is 1. The molecule has 31 heavy (non-hydrogen) atoms. The largest absolute Gasteiger partial charge is 0.379 e. The van der Waals surface area contributed by atoms with Gasteiger partial charge in [0, 0.05) is 35.3 Å². The van der Waals surface area contributed by atoms with Crippen LogP contribution < -0.4 is 5.32 Å². The molecule has 0 spiro atoms. The number of ether oxygens (including phenoxy) is 1. The Hall–Kier alpha value is -2.72. The van der Waals surface area contributed by atoms with Crippen LogP contribution in [0.2, 0.25) is 5.02 Å². The molecular formula is C21H20ClN3O5S. The number of aromatic nitrogens is 1. The van der Waals surface area contributed by atoms with Crippen molar-refractivity contribution in [1.29, 1.82) is 0 Å². The Bertz CT molecular complexity index is 1150. The van der Waals surface area contributed by atoms with Gasteiger partial charge in [-0.05, 0) is 36.4 Å². The van der Waals surface area contributed by atoms with Crippen molar-refractivity contribution < 1.29 is 22.5 Å². The topological polar surface area (TPSA) is 102 Å². The van der Waals surface area contributed by atoms with Crippen LogP contribution in [-0.2, 0) is 14.8 Å². The molecule has 1 aromatic heterocycles. The maximum Gasteiger partial charge on any atom is 0.243 e. The first-order valence-corrected chi connectivity index (χ1v) is 11.4. The van der Waals surface area contributed by atoms with E-state index in [0.29, 0.717) is 48.5 Å². The molecule has 0 unspecified atom stereocenters. The van der Waals surface area contributed by atoms with E-state index in [9.17, 15) is 13.2 Å². The quantitative estimate of drug-likeness (QED) is 0.538. The SMILES string of the molecule is O=C(CNc1cc(-c2ccc(Cl)cc2)no1)c1ccc(S(=O)(=O)N2CCOCC2)cc1. The first-order chi connectivity index (χ1) is 14.9. The third-order valence-corrected chi connectivity index (χ3v) is 7.02. The van der Waals surface area contributed by atoms with E-state index in [0.717, 1.165) is 5.56 Å². The van der Waals surface area contributed by atoms with Gasteiger partial charge in [0.1, 0.15) is 5.69 Å². The number of hydrogen-bond acceptors (Lipinski definition) is 7. The molecule has 0 radical (unpaired) electrons. The zero-order valence-corrected chi connectivity index (χ0v) is 18.0. The maximum atomic E-state index is 12.7. The summed E-state index contributed by atoms with van der Waals surface area (Å²) in [5, 5.41) is 7.50. The highest BCUT2D eigenvalue weighted by Crippen LogP contribution is 2.23. The summed E-state index contributed by atoms with van der Waals surface area (Å²) in [6.07, 6.45) is 0. The van der Waals surface area contributed by atoms with Gasteiger partial charge in [-0.1, -0.05) is 28.9 Å². The van der Waals surface area contributed by atoms with Gasteiger partial charge in [0.15, 0.2) is 5.78 Å². The van der Waals surface area contributed by atoms with Gasteiger partial charge in [0.2, 0.25) is 15.9 Å². The summed E-state index contributed by atoms with van der Waals surface area (Å²) < 4.78 is 37.1. The fourth-order valence-corrected chi connectivity index (χ4v) is 4.67. The van der Waals surface area contributed by atoms with E-state index in [1.165, 1.54) is 28.6 Å². The van der Waals surface area contributed by atoms with Crippen LogP contribution in [-0.4, -0.2) is 56.5 Å². The lowest BCUT2D eigenvalue weighted by Gasteiger charge is -2.26. The number of nitrogens with one attached hydrogen (secondary N) is 1. The molecular weight excluding hydrogens is 442 g/mol. The highest BCUT2D eigenvalue weighted by atomic mass is 35.5. The Morgan fingerprint density at radius 3 is 2.42 bits per heavy atom. The molecule has 0 aliphatic carbocycles.